The van der Waals surface area contributed by atoms with Crippen LogP contribution >= 0.6 is 15.9 Å². The van der Waals surface area contributed by atoms with E-state index in [0.29, 0.717) is 0 Å². The number of sulfonamides is 1. The normalized spacial score (nSPS) is 20.4. The van der Waals surface area contributed by atoms with Crippen LogP contribution in [0, 0.1) is 5.82 Å². The smallest absolute Gasteiger partial charge is 0.305 e. The Morgan fingerprint density at radius 1 is 1.52 bits per heavy atom. The number of nitrogens with zero attached hydrogens (tertiary/aromatic N) is 1. The van der Waals surface area contributed by atoms with Gasteiger partial charge in [-0.25, -0.2) is 12.8 Å². The second-order valence-corrected chi connectivity index (χ2v) is 7.23. The molecule has 0 amide bonds. The topological polar surface area (TPSA) is 83.9 Å². The Kier molecular flexibility index (Phi) is 4.97. The first-order chi connectivity index (χ1) is 9.82. The van der Waals surface area contributed by atoms with Crippen molar-refractivity contribution in [3.63, 3.8) is 0 Å². The fraction of sp³-hybridized carbons (Fsp3) is 0.417. The number of hydrogen-bond acceptors (Lipinski definition) is 4. The van der Waals surface area contributed by atoms with Crippen molar-refractivity contribution < 1.29 is 27.4 Å². The van der Waals surface area contributed by atoms with Gasteiger partial charge in [0, 0.05) is 11.0 Å². The molecule has 2 rings (SSSR count). The molecular weight excluding hydrogens is 369 g/mol. The van der Waals surface area contributed by atoms with Crippen LogP contribution in [0.4, 0.5) is 4.39 Å². The monoisotopic (exact) mass is 381 g/mol. The van der Waals surface area contributed by atoms with Crippen molar-refractivity contribution in [1.29, 1.82) is 0 Å². The Morgan fingerprint density at radius 2 is 2.24 bits per heavy atom. The molecule has 1 N–H and O–H groups in total. The second-order valence-electron chi connectivity index (χ2n) is 4.52. The van der Waals surface area contributed by atoms with E-state index in [1.54, 1.807) is 0 Å². The quantitative estimate of drug-likeness (QED) is 0.853. The Labute approximate surface area is 129 Å². The molecule has 0 saturated carbocycles. The van der Waals surface area contributed by atoms with Crippen LogP contribution in [0.3, 0.4) is 0 Å². The minimum atomic E-state index is -3.93. The lowest BCUT2D eigenvalue weighted by Gasteiger charge is -2.33. The van der Waals surface area contributed by atoms with E-state index in [1.807, 2.05) is 0 Å². The summed E-state index contributed by atoms with van der Waals surface area (Å²) in [5.41, 5.74) is 0. The lowest BCUT2D eigenvalue weighted by atomic mass is 10.2. The van der Waals surface area contributed by atoms with Crippen molar-refractivity contribution in [3.8, 4) is 0 Å². The van der Waals surface area contributed by atoms with Crippen molar-refractivity contribution in [2.45, 2.75) is 17.4 Å². The molecular formula is C12H13BrFNO5S. The maximum absolute atomic E-state index is 13.1. The number of halogens is 2. The molecule has 1 atom stereocenters. The van der Waals surface area contributed by atoms with Gasteiger partial charge in [0.05, 0.1) is 30.6 Å². The molecule has 1 aromatic rings. The molecule has 9 heteroatoms. The van der Waals surface area contributed by atoms with E-state index >= 15 is 0 Å². The van der Waals surface area contributed by atoms with Crippen LogP contribution in [0.5, 0.6) is 0 Å². The SMILES string of the molecule is O=C(O)CC1COCCN1S(=O)(=O)c1ccc(F)cc1Br. The summed E-state index contributed by atoms with van der Waals surface area (Å²) < 4.78 is 44.7. The highest BCUT2D eigenvalue weighted by molar-refractivity contribution is 9.10. The van der Waals surface area contributed by atoms with Crippen LogP contribution in [-0.4, -0.2) is 49.6 Å². The molecule has 116 valence electrons. The van der Waals surface area contributed by atoms with Gasteiger partial charge in [-0.2, -0.15) is 4.31 Å². The molecule has 0 bridgehead atoms. The molecule has 0 radical (unpaired) electrons. The lowest BCUT2D eigenvalue weighted by Crippen LogP contribution is -2.49. The summed E-state index contributed by atoms with van der Waals surface area (Å²) in [5.74, 6) is -1.67. The zero-order chi connectivity index (χ0) is 15.6. The van der Waals surface area contributed by atoms with Gasteiger partial charge in [0.2, 0.25) is 10.0 Å². The molecule has 1 aromatic carbocycles. The minimum Gasteiger partial charge on any atom is -0.481 e. The van der Waals surface area contributed by atoms with Gasteiger partial charge in [0.15, 0.2) is 0 Å². The summed E-state index contributed by atoms with van der Waals surface area (Å²) >= 11 is 3.03. The molecule has 1 saturated heterocycles. The van der Waals surface area contributed by atoms with Crippen LogP contribution < -0.4 is 0 Å². The van der Waals surface area contributed by atoms with E-state index in [-0.39, 0.29) is 35.5 Å². The fourth-order valence-electron chi connectivity index (χ4n) is 2.13. The third kappa shape index (κ3) is 3.60. The molecule has 6 nitrogen and oxygen atoms in total. The van der Waals surface area contributed by atoms with Crippen molar-refractivity contribution >= 4 is 31.9 Å². The van der Waals surface area contributed by atoms with Gasteiger partial charge < -0.3 is 9.84 Å². The minimum absolute atomic E-state index is 0.0182. The summed E-state index contributed by atoms with van der Waals surface area (Å²) in [6.45, 7) is 0.266. The predicted octanol–water partition coefficient (Wildman–Crippen LogP) is 1.45. The highest BCUT2D eigenvalue weighted by Crippen LogP contribution is 2.28. The number of morpholine rings is 1. The van der Waals surface area contributed by atoms with E-state index < -0.39 is 27.9 Å². The first-order valence-corrected chi connectivity index (χ1v) is 8.32. The van der Waals surface area contributed by atoms with Crippen molar-refractivity contribution in [2.75, 3.05) is 19.8 Å². The standard InChI is InChI=1S/C12H13BrFNO5S/c13-10-5-8(14)1-2-11(10)21(18,19)15-3-4-20-7-9(15)6-12(16)17/h1-2,5,9H,3-4,6-7H2,(H,16,17). The highest BCUT2D eigenvalue weighted by Gasteiger charge is 2.36. The molecule has 0 aliphatic carbocycles. The number of aliphatic carboxylic acids is 1. The van der Waals surface area contributed by atoms with Gasteiger partial charge in [0.25, 0.3) is 0 Å². The number of hydrogen-bond donors (Lipinski definition) is 1. The Balaban J connectivity index is 2.38. The average Bonchev–Trinajstić information content (AvgIpc) is 2.37. The summed E-state index contributed by atoms with van der Waals surface area (Å²) in [6, 6.07) is 2.48. The summed E-state index contributed by atoms with van der Waals surface area (Å²) in [6.07, 6.45) is -0.349. The van der Waals surface area contributed by atoms with Crippen LogP contribution in [0.25, 0.3) is 0 Å². The van der Waals surface area contributed by atoms with E-state index in [1.165, 1.54) is 0 Å². The first kappa shape index (κ1) is 16.3. The van der Waals surface area contributed by atoms with Gasteiger partial charge in [-0.15, -0.1) is 0 Å². The van der Waals surface area contributed by atoms with Crippen LogP contribution in [0.2, 0.25) is 0 Å². The van der Waals surface area contributed by atoms with Gasteiger partial charge in [-0.05, 0) is 34.1 Å². The van der Waals surface area contributed by atoms with E-state index in [9.17, 15) is 17.6 Å². The molecule has 21 heavy (non-hydrogen) atoms. The zero-order valence-electron chi connectivity index (χ0n) is 10.8. The van der Waals surface area contributed by atoms with Crippen molar-refractivity contribution in [1.82, 2.24) is 4.31 Å². The third-order valence-corrected chi connectivity index (χ3v) is 5.99. The van der Waals surface area contributed by atoms with Crippen LogP contribution in [0.15, 0.2) is 27.6 Å². The fourth-order valence-corrected chi connectivity index (χ4v) is 4.73. The molecule has 1 aliphatic rings. The molecule has 1 unspecified atom stereocenters. The number of ether oxygens (including phenoxy) is 1. The molecule has 0 aromatic heterocycles. The van der Waals surface area contributed by atoms with Gasteiger partial charge in [0.1, 0.15) is 5.82 Å². The van der Waals surface area contributed by atoms with E-state index in [0.717, 1.165) is 22.5 Å². The number of rotatable bonds is 4. The number of carboxylic acids is 1. The molecule has 0 spiro atoms. The van der Waals surface area contributed by atoms with Crippen LogP contribution in [-0.2, 0) is 19.6 Å². The third-order valence-electron chi connectivity index (χ3n) is 3.06. The van der Waals surface area contributed by atoms with Crippen molar-refractivity contribution in [2.24, 2.45) is 0 Å². The van der Waals surface area contributed by atoms with Crippen molar-refractivity contribution in [3.05, 3.63) is 28.5 Å². The predicted molar refractivity (Wildman–Crippen MR) is 74.9 cm³/mol. The maximum Gasteiger partial charge on any atom is 0.305 e. The molecule has 1 fully saturated rings. The Morgan fingerprint density at radius 3 is 2.86 bits per heavy atom. The van der Waals surface area contributed by atoms with Gasteiger partial charge >= 0.3 is 5.97 Å². The largest absolute Gasteiger partial charge is 0.481 e. The number of carbonyl (C=O) groups is 1. The van der Waals surface area contributed by atoms with E-state index in [2.05, 4.69) is 15.9 Å². The van der Waals surface area contributed by atoms with Gasteiger partial charge in [-0.3, -0.25) is 4.79 Å². The molecule has 1 heterocycles. The highest BCUT2D eigenvalue weighted by atomic mass is 79.9. The molecule has 1 aliphatic heterocycles. The van der Waals surface area contributed by atoms with Crippen LogP contribution in [0.1, 0.15) is 6.42 Å². The first-order valence-electron chi connectivity index (χ1n) is 6.09. The number of carboxylic acid groups (broad SMARTS) is 1. The van der Waals surface area contributed by atoms with Gasteiger partial charge in [-0.1, -0.05) is 0 Å². The van der Waals surface area contributed by atoms with E-state index in [4.69, 9.17) is 9.84 Å². The second kappa shape index (κ2) is 6.39. The Hall–Kier alpha value is -1.03. The summed E-state index contributed by atoms with van der Waals surface area (Å²) in [7, 11) is -3.93. The average molecular weight is 382 g/mol. The summed E-state index contributed by atoms with van der Waals surface area (Å²) in [5, 5.41) is 8.87. The zero-order valence-corrected chi connectivity index (χ0v) is 13.2. The Bertz CT molecular complexity index is 651. The lowest BCUT2D eigenvalue weighted by molar-refractivity contribution is -0.139. The number of benzene rings is 1. The maximum atomic E-state index is 13.1. The summed E-state index contributed by atoms with van der Waals surface area (Å²) in [4.78, 5) is 10.8.